The van der Waals surface area contributed by atoms with E-state index in [-0.39, 0.29) is 11.4 Å². The molecule has 4 N–H and O–H groups in total. The number of aromatic nitrogens is 1. The Balaban J connectivity index is 2.05. The highest BCUT2D eigenvalue weighted by atomic mass is 32.2. The van der Waals surface area contributed by atoms with E-state index in [2.05, 4.69) is 4.98 Å². The highest BCUT2D eigenvalue weighted by Gasteiger charge is 2.30. The first kappa shape index (κ1) is 12.4. The van der Waals surface area contributed by atoms with Crippen LogP contribution in [0.5, 0.6) is 5.75 Å². The summed E-state index contributed by atoms with van der Waals surface area (Å²) < 4.78 is 26.1. The van der Waals surface area contributed by atoms with Crippen LogP contribution in [0.4, 0.5) is 5.69 Å². The van der Waals surface area contributed by atoms with Crippen molar-refractivity contribution in [3.63, 3.8) is 0 Å². The number of hydrogen-bond acceptors (Lipinski definition) is 4. The molecule has 8 heteroatoms. The van der Waals surface area contributed by atoms with Gasteiger partial charge in [0.2, 0.25) is 5.88 Å². The first-order valence-corrected chi connectivity index (χ1v) is 7.10. The van der Waals surface area contributed by atoms with Crippen LogP contribution in [-0.2, 0) is 10.2 Å². The minimum Gasteiger partial charge on any atom is -0.506 e. The van der Waals surface area contributed by atoms with Gasteiger partial charge in [-0.2, -0.15) is 8.42 Å². The Morgan fingerprint density at radius 2 is 1.90 bits per heavy atom. The molecule has 1 aliphatic rings. The molecule has 0 unspecified atom stereocenters. The summed E-state index contributed by atoms with van der Waals surface area (Å²) in [5.74, 6) is -0.709. The minimum atomic E-state index is -3.90. The summed E-state index contributed by atoms with van der Waals surface area (Å²) in [5, 5.41) is 19.2. The Kier molecular flexibility index (Phi) is 2.61. The van der Waals surface area contributed by atoms with Gasteiger partial charge in [0, 0.05) is 12.4 Å². The summed E-state index contributed by atoms with van der Waals surface area (Å²) in [6.07, 6.45) is 4.49. The zero-order valence-corrected chi connectivity index (χ0v) is 10.9. The maximum absolute atomic E-state index is 11.7. The van der Waals surface area contributed by atoms with Gasteiger partial charge in [0.15, 0.2) is 0 Å². The first-order chi connectivity index (χ1) is 9.47. The number of aliphatic hydroxyl groups excluding tert-OH is 1. The smallest absolute Gasteiger partial charge is 0.330 e. The van der Waals surface area contributed by atoms with E-state index in [1.54, 1.807) is 18.5 Å². The summed E-state index contributed by atoms with van der Waals surface area (Å²) >= 11 is 0. The number of nitrogens with one attached hydrogen (secondary N) is 2. The molecule has 2 aromatic rings. The number of phenols is 1. The molecule has 1 aromatic carbocycles. The van der Waals surface area contributed by atoms with Crippen molar-refractivity contribution in [2.45, 2.75) is 0 Å². The molecular weight excluding hydrogens is 282 g/mol. The second-order valence-electron chi connectivity index (χ2n) is 4.22. The lowest BCUT2D eigenvalue weighted by Gasteiger charge is -2.15. The van der Waals surface area contributed by atoms with Crippen molar-refractivity contribution in [3.05, 3.63) is 48.7 Å². The van der Waals surface area contributed by atoms with Crippen molar-refractivity contribution < 1.29 is 18.6 Å². The van der Waals surface area contributed by atoms with Crippen molar-refractivity contribution in [2.75, 3.05) is 4.31 Å². The third-order valence-corrected chi connectivity index (χ3v) is 4.16. The Bertz CT molecular complexity index is 781. The molecule has 1 aliphatic heterocycles. The van der Waals surface area contributed by atoms with Gasteiger partial charge in [-0.05, 0) is 29.3 Å². The highest BCUT2D eigenvalue weighted by Crippen LogP contribution is 2.35. The fourth-order valence-corrected chi connectivity index (χ4v) is 3.05. The van der Waals surface area contributed by atoms with E-state index in [0.29, 0.717) is 0 Å². The van der Waals surface area contributed by atoms with Crippen LogP contribution in [-0.4, -0.2) is 23.6 Å². The van der Waals surface area contributed by atoms with Crippen LogP contribution in [0.1, 0.15) is 0 Å². The molecule has 20 heavy (non-hydrogen) atoms. The third kappa shape index (κ3) is 1.95. The molecule has 0 radical (unpaired) electrons. The average Bonchev–Trinajstić information content (AvgIpc) is 2.97. The number of aromatic amines is 1. The molecule has 0 fully saturated rings. The standard InChI is InChI=1S/C12H11N3O4S/c16-11-5-8(9-3-4-13-6-9)1-2-10(11)15-7-12(17)14-20(15,18)19/h1-7,13-14,16-17H. The molecule has 0 saturated carbocycles. The molecule has 0 amide bonds. The van der Waals surface area contributed by atoms with E-state index in [9.17, 15) is 18.6 Å². The monoisotopic (exact) mass is 293 g/mol. The Labute approximate surface area is 115 Å². The second-order valence-corrected chi connectivity index (χ2v) is 5.77. The van der Waals surface area contributed by atoms with E-state index in [4.69, 9.17) is 0 Å². The summed E-state index contributed by atoms with van der Waals surface area (Å²) in [6.45, 7) is 0. The Morgan fingerprint density at radius 3 is 2.45 bits per heavy atom. The van der Waals surface area contributed by atoms with E-state index >= 15 is 0 Å². The number of benzene rings is 1. The van der Waals surface area contributed by atoms with Crippen LogP contribution in [0.25, 0.3) is 11.1 Å². The van der Waals surface area contributed by atoms with Crippen LogP contribution in [0.2, 0.25) is 0 Å². The molecular formula is C12H11N3O4S. The lowest BCUT2D eigenvalue weighted by atomic mass is 10.1. The predicted molar refractivity (Wildman–Crippen MR) is 73.1 cm³/mol. The molecule has 104 valence electrons. The van der Waals surface area contributed by atoms with Gasteiger partial charge in [-0.3, -0.25) is 0 Å². The summed E-state index contributed by atoms with van der Waals surface area (Å²) in [7, 11) is -3.90. The van der Waals surface area contributed by atoms with Crippen molar-refractivity contribution in [1.29, 1.82) is 0 Å². The van der Waals surface area contributed by atoms with Gasteiger partial charge in [0.25, 0.3) is 0 Å². The zero-order valence-electron chi connectivity index (χ0n) is 10.1. The average molecular weight is 293 g/mol. The van der Waals surface area contributed by atoms with Crippen molar-refractivity contribution in [3.8, 4) is 16.9 Å². The lowest BCUT2D eigenvalue weighted by Crippen LogP contribution is -2.29. The normalized spacial score (nSPS) is 16.8. The van der Waals surface area contributed by atoms with Gasteiger partial charge in [-0.1, -0.05) is 6.07 Å². The molecule has 1 aromatic heterocycles. The van der Waals surface area contributed by atoms with Gasteiger partial charge in [-0.15, -0.1) is 0 Å². The molecule has 0 aliphatic carbocycles. The fourth-order valence-electron chi connectivity index (χ4n) is 1.98. The molecule has 0 saturated heterocycles. The zero-order chi connectivity index (χ0) is 14.3. The van der Waals surface area contributed by atoms with Crippen LogP contribution in [0.15, 0.2) is 48.7 Å². The third-order valence-electron chi connectivity index (χ3n) is 2.88. The number of aromatic hydroxyl groups is 1. The highest BCUT2D eigenvalue weighted by molar-refractivity contribution is 7.91. The van der Waals surface area contributed by atoms with Crippen molar-refractivity contribution in [1.82, 2.24) is 9.71 Å². The maximum atomic E-state index is 11.7. The maximum Gasteiger partial charge on any atom is 0.330 e. The van der Waals surface area contributed by atoms with Crippen molar-refractivity contribution in [2.24, 2.45) is 0 Å². The van der Waals surface area contributed by atoms with E-state index in [1.807, 2.05) is 10.8 Å². The summed E-state index contributed by atoms with van der Waals surface area (Å²) in [6, 6.07) is 6.43. The number of nitrogens with zero attached hydrogens (tertiary/aromatic N) is 1. The summed E-state index contributed by atoms with van der Waals surface area (Å²) in [4.78, 5) is 2.90. The van der Waals surface area contributed by atoms with Gasteiger partial charge >= 0.3 is 10.2 Å². The van der Waals surface area contributed by atoms with Crippen molar-refractivity contribution >= 4 is 15.9 Å². The number of phenolic OH excluding ortho intramolecular Hbond substituents is 1. The van der Waals surface area contributed by atoms with Gasteiger partial charge in [0.1, 0.15) is 11.4 Å². The molecule has 0 bridgehead atoms. The Morgan fingerprint density at radius 1 is 1.10 bits per heavy atom. The quantitative estimate of drug-likeness (QED) is 0.671. The van der Waals surface area contributed by atoms with Crippen LogP contribution in [0, 0.1) is 0 Å². The SMILES string of the molecule is O=S1(=O)NC(O)=CN1c1ccc(-c2cc[nH]c2)cc1O. The molecule has 2 heterocycles. The Hall–Kier alpha value is -2.61. The first-order valence-electron chi connectivity index (χ1n) is 5.66. The fraction of sp³-hybridized carbons (Fsp3) is 0. The number of anilines is 1. The van der Waals surface area contributed by atoms with Crippen LogP contribution >= 0.6 is 0 Å². The van der Waals surface area contributed by atoms with E-state index in [1.165, 1.54) is 12.1 Å². The minimum absolute atomic E-state index is 0.0563. The number of hydrogen-bond donors (Lipinski definition) is 4. The number of aliphatic hydroxyl groups is 1. The molecule has 3 rings (SSSR count). The number of H-pyrrole nitrogens is 1. The van der Waals surface area contributed by atoms with Crippen LogP contribution < -0.4 is 9.03 Å². The summed E-state index contributed by atoms with van der Waals surface area (Å²) in [5.41, 5.74) is 1.67. The van der Waals surface area contributed by atoms with E-state index < -0.39 is 16.1 Å². The van der Waals surface area contributed by atoms with Gasteiger partial charge in [0.05, 0.1) is 6.20 Å². The molecule has 7 nitrogen and oxygen atoms in total. The van der Waals surface area contributed by atoms with Gasteiger partial charge < -0.3 is 15.2 Å². The van der Waals surface area contributed by atoms with Crippen LogP contribution in [0.3, 0.4) is 0 Å². The predicted octanol–water partition coefficient (Wildman–Crippen LogP) is 1.40. The molecule has 0 spiro atoms. The lowest BCUT2D eigenvalue weighted by molar-refractivity contribution is 0.392. The number of rotatable bonds is 2. The van der Waals surface area contributed by atoms with Gasteiger partial charge in [-0.25, -0.2) is 9.03 Å². The van der Waals surface area contributed by atoms with E-state index in [0.717, 1.165) is 21.6 Å². The molecule has 0 atom stereocenters. The second kappa shape index (κ2) is 4.20. The largest absolute Gasteiger partial charge is 0.506 e. The topological polar surface area (TPSA) is 106 Å².